The van der Waals surface area contributed by atoms with Crippen LogP contribution in [-0.2, 0) is 4.79 Å². The molecule has 6 heteroatoms. The largest absolute Gasteiger partial charge is 0.492 e. The highest BCUT2D eigenvalue weighted by atomic mass is 35.5. The Morgan fingerprint density at radius 1 is 1.22 bits per heavy atom. The number of anilines is 2. The van der Waals surface area contributed by atoms with Crippen LogP contribution in [0.15, 0.2) is 48.5 Å². The zero-order valence-electron chi connectivity index (χ0n) is 15.9. The van der Waals surface area contributed by atoms with Crippen LogP contribution in [-0.4, -0.2) is 44.7 Å². The van der Waals surface area contributed by atoms with Crippen LogP contribution in [0, 0.1) is 0 Å². The average Bonchev–Trinajstić information content (AvgIpc) is 2.68. The molecule has 0 bridgehead atoms. The zero-order valence-corrected chi connectivity index (χ0v) is 16.6. The summed E-state index contributed by atoms with van der Waals surface area (Å²) in [6, 6.07) is 15.3. The smallest absolute Gasteiger partial charge is 0.282 e. The summed E-state index contributed by atoms with van der Waals surface area (Å²) in [6.07, 6.45) is 0. The highest BCUT2D eigenvalue weighted by molar-refractivity contribution is 6.30. The van der Waals surface area contributed by atoms with Crippen molar-refractivity contribution in [3.8, 4) is 5.75 Å². The number of quaternary nitrogens is 1. The molecule has 1 heterocycles. The molecule has 1 aliphatic rings. The lowest BCUT2D eigenvalue weighted by Crippen LogP contribution is -3.19. The summed E-state index contributed by atoms with van der Waals surface area (Å²) in [4.78, 5) is 16.2. The van der Waals surface area contributed by atoms with E-state index in [9.17, 15) is 4.79 Å². The van der Waals surface area contributed by atoms with Crippen molar-refractivity contribution in [3.63, 3.8) is 0 Å². The van der Waals surface area contributed by atoms with Gasteiger partial charge < -0.3 is 19.9 Å². The first kappa shape index (κ1) is 19.5. The van der Waals surface area contributed by atoms with Gasteiger partial charge in [0.2, 0.25) is 0 Å². The van der Waals surface area contributed by atoms with Crippen LogP contribution in [0.4, 0.5) is 11.4 Å². The second kappa shape index (κ2) is 9.11. The summed E-state index contributed by atoms with van der Waals surface area (Å²) < 4.78 is 5.76. The molecule has 0 aromatic heterocycles. The molecule has 1 fully saturated rings. The number of benzene rings is 2. The number of carbonyl (C=O) groups is 1. The van der Waals surface area contributed by atoms with E-state index in [0.717, 1.165) is 43.3 Å². The number of nitrogens with one attached hydrogen (secondary N) is 2. The van der Waals surface area contributed by atoms with Crippen LogP contribution in [0.3, 0.4) is 0 Å². The van der Waals surface area contributed by atoms with Gasteiger partial charge in [-0.3, -0.25) is 4.79 Å². The van der Waals surface area contributed by atoms with E-state index in [-0.39, 0.29) is 11.9 Å². The number of piperazine rings is 1. The third-order valence-electron chi connectivity index (χ3n) is 5.01. The van der Waals surface area contributed by atoms with E-state index in [1.54, 1.807) is 12.1 Å². The molecule has 2 aromatic carbocycles. The number of amides is 1. The number of para-hydroxylation sites is 2. The van der Waals surface area contributed by atoms with E-state index >= 15 is 0 Å². The summed E-state index contributed by atoms with van der Waals surface area (Å²) in [5.41, 5.74) is 1.87. The maximum atomic E-state index is 12.6. The van der Waals surface area contributed by atoms with Gasteiger partial charge in [-0.2, -0.15) is 0 Å². The van der Waals surface area contributed by atoms with Crippen molar-refractivity contribution >= 4 is 28.9 Å². The number of hydrogen-bond acceptors (Lipinski definition) is 3. The minimum Gasteiger partial charge on any atom is -0.492 e. The maximum Gasteiger partial charge on any atom is 0.282 e. The Kier molecular flexibility index (Phi) is 6.58. The van der Waals surface area contributed by atoms with Crippen LogP contribution < -0.4 is 19.9 Å². The van der Waals surface area contributed by atoms with E-state index in [2.05, 4.69) is 16.3 Å². The lowest BCUT2D eigenvalue weighted by molar-refractivity contribution is -0.914. The fraction of sp³-hybridized carbons (Fsp3) is 0.381. The van der Waals surface area contributed by atoms with E-state index in [0.29, 0.717) is 11.6 Å². The summed E-state index contributed by atoms with van der Waals surface area (Å²) in [6.45, 7) is 8.25. The molecule has 1 saturated heterocycles. The summed E-state index contributed by atoms with van der Waals surface area (Å²) in [7, 11) is 0. The molecular weight excluding hydrogens is 362 g/mol. The Morgan fingerprint density at radius 2 is 1.96 bits per heavy atom. The molecule has 0 aliphatic carbocycles. The standard InChI is InChI=1S/C21H26ClN3O2/c1-3-27-20-10-5-4-9-19(20)25-13-11-24(12-14-25)16(2)21(26)23-18-8-6-7-17(22)15-18/h4-10,15-16H,3,11-14H2,1-2H3,(H,23,26)/p+1/t16-/m0/s1. The lowest BCUT2D eigenvalue weighted by Gasteiger charge is -2.36. The van der Waals surface area contributed by atoms with E-state index in [1.807, 2.05) is 44.2 Å². The quantitative estimate of drug-likeness (QED) is 0.799. The van der Waals surface area contributed by atoms with Gasteiger partial charge in [0.15, 0.2) is 6.04 Å². The molecule has 2 N–H and O–H groups in total. The minimum absolute atomic E-state index is 0.0235. The van der Waals surface area contributed by atoms with Gasteiger partial charge in [0.25, 0.3) is 5.91 Å². The molecule has 1 aliphatic heterocycles. The van der Waals surface area contributed by atoms with E-state index < -0.39 is 0 Å². The first-order valence-electron chi connectivity index (χ1n) is 9.46. The van der Waals surface area contributed by atoms with Crippen LogP contribution in [0.25, 0.3) is 0 Å². The van der Waals surface area contributed by atoms with Gasteiger partial charge >= 0.3 is 0 Å². The van der Waals surface area contributed by atoms with Gasteiger partial charge in [-0.25, -0.2) is 0 Å². The van der Waals surface area contributed by atoms with Gasteiger partial charge in [0, 0.05) is 10.7 Å². The van der Waals surface area contributed by atoms with Gasteiger partial charge in [-0.05, 0) is 44.2 Å². The number of rotatable bonds is 6. The third-order valence-corrected chi connectivity index (χ3v) is 5.24. The van der Waals surface area contributed by atoms with Crippen LogP contribution in [0.5, 0.6) is 5.75 Å². The first-order chi connectivity index (χ1) is 13.1. The van der Waals surface area contributed by atoms with Crippen molar-refractivity contribution in [2.75, 3.05) is 43.0 Å². The maximum absolute atomic E-state index is 12.6. The Balaban J connectivity index is 1.58. The monoisotopic (exact) mass is 388 g/mol. The van der Waals surface area contributed by atoms with Crippen LogP contribution in [0.1, 0.15) is 13.8 Å². The molecule has 27 heavy (non-hydrogen) atoms. The predicted molar refractivity (Wildman–Crippen MR) is 110 cm³/mol. The molecule has 0 spiro atoms. The van der Waals surface area contributed by atoms with Crippen molar-refractivity contribution < 1.29 is 14.4 Å². The fourth-order valence-corrected chi connectivity index (χ4v) is 3.66. The molecular formula is C21H27ClN3O2+. The first-order valence-corrected chi connectivity index (χ1v) is 9.84. The van der Waals surface area contributed by atoms with Crippen molar-refractivity contribution in [2.24, 2.45) is 0 Å². The Hall–Kier alpha value is -2.24. The molecule has 0 radical (unpaired) electrons. The van der Waals surface area contributed by atoms with E-state index in [4.69, 9.17) is 16.3 Å². The second-order valence-corrected chi connectivity index (χ2v) is 7.20. The van der Waals surface area contributed by atoms with Crippen molar-refractivity contribution in [2.45, 2.75) is 19.9 Å². The zero-order chi connectivity index (χ0) is 19.2. The molecule has 5 nitrogen and oxygen atoms in total. The summed E-state index contributed by atoms with van der Waals surface area (Å²) >= 11 is 5.99. The Morgan fingerprint density at radius 3 is 2.67 bits per heavy atom. The lowest BCUT2D eigenvalue weighted by atomic mass is 10.2. The highest BCUT2D eigenvalue weighted by Gasteiger charge is 2.30. The van der Waals surface area contributed by atoms with Gasteiger partial charge in [0.05, 0.1) is 38.5 Å². The number of carbonyl (C=O) groups excluding carboxylic acids is 1. The molecule has 1 amide bonds. The van der Waals surface area contributed by atoms with E-state index in [1.165, 1.54) is 4.90 Å². The fourth-order valence-electron chi connectivity index (χ4n) is 3.47. The molecule has 3 rings (SSSR count). The van der Waals surface area contributed by atoms with Crippen LogP contribution in [0.2, 0.25) is 5.02 Å². The molecule has 0 saturated carbocycles. The minimum atomic E-state index is -0.117. The van der Waals surface area contributed by atoms with Gasteiger partial charge in [0.1, 0.15) is 5.75 Å². The van der Waals surface area contributed by atoms with Gasteiger partial charge in [-0.15, -0.1) is 0 Å². The topological polar surface area (TPSA) is 46.0 Å². The number of ether oxygens (including phenoxy) is 1. The van der Waals surface area contributed by atoms with Crippen molar-refractivity contribution in [3.05, 3.63) is 53.6 Å². The van der Waals surface area contributed by atoms with Gasteiger partial charge in [-0.1, -0.05) is 29.8 Å². The summed E-state index contributed by atoms with van der Waals surface area (Å²) in [5, 5.41) is 3.59. The average molecular weight is 389 g/mol. The SMILES string of the molecule is CCOc1ccccc1N1CC[NH+]([C@@H](C)C(=O)Nc2cccc(Cl)c2)CC1. The van der Waals surface area contributed by atoms with Crippen molar-refractivity contribution in [1.29, 1.82) is 0 Å². The number of nitrogens with zero attached hydrogens (tertiary/aromatic N) is 1. The van der Waals surface area contributed by atoms with Crippen LogP contribution >= 0.6 is 11.6 Å². The molecule has 2 aromatic rings. The number of hydrogen-bond donors (Lipinski definition) is 2. The second-order valence-electron chi connectivity index (χ2n) is 6.77. The molecule has 1 atom stereocenters. The Labute approximate surface area is 165 Å². The predicted octanol–water partition coefficient (Wildman–Crippen LogP) is 2.47. The Bertz CT molecular complexity index is 776. The molecule has 0 unspecified atom stereocenters. The number of halogens is 1. The molecule has 144 valence electrons. The summed E-state index contributed by atoms with van der Waals surface area (Å²) in [5.74, 6) is 0.950. The third kappa shape index (κ3) is 4.93. The normalized spacial score (nSPS) is 16.0. The van der Waals surface area contributed by atoms with Crippen molar-refractivity contribution in [1.82, 2.24) is 0 Å². The highest BCUT2D eigenvalue weighted by Crippen LogP contribution is 2.27.